The number of nitrogens with zero attached hydrogens (tertiary/aromatic N) is 4. The second kappa shape index (κ2) is 10.3. The number of ether oxygens (including phenoxy) is 1. The Labute approximate surface area is 206 Å². The third kappa shape index (κ3) is 5.42. The molecule has 9 heteroatoms. The Balaban J connectivity index is 1.43. The molecule has 0 aliphatic rings. The summed E-state index contributed by atoms with van der Waals surface area (Å²) in [6.45, 7) is 3.83. The van der Waals surface area contributed by atoms with Crippen molar-refractivity contribution >= 4 is 40.3 Å². The van der Waals surface area contributed by atoms with Crippen LogP contribution in [0.25, 0.3) is 22.7 Å². The molecule has 0 saturated carbocycles. The van der Waals surface area contributed by atoms with E-state index >= 15 is 0 Å². The number of fused-ring (bicyclic) bond motifs is 1. The average Bonchev–Trinajstić information content (AvgIpc) is 3.38. The molecule has 0 fully saturated rings. The number of benzene rings is 2. The van der Waals surface area contributed by atoms with Crippen LogP contribution >= 0.6 is 11.6 Å². The molecule has 0 saturated heterocycles. The zero-order valence-corrected chi connectivity index (χ0v) is 19.9. The minimum absolute atomic E-state index is 0.103. The molecule has 2 heterocycles. The molecule has 4 rings (SSSR count). The predicted molar refractivity (Wildman–Crippen MR) is 134 cm³/mol. The number of carbonyl (C=O) groups is 1. The van der Waals surface area contributed by atoms with Gasteiger partial charge in [0.2, 0.25) is 0 Å². The molecule has 8 nitrogen and oxygen atoms in total. The topological polar surface area (TPSA) is 117 Å². The first-order valence-corrected chi connectivity index (χ1v) is 11.1. The summed E-state index contributed by atoms with van der Waals surface area (Å²) in [4.78, 5) is 19.5. The van der Waals surface area contributed by atoms with Gasteiger partial charge in [0.05, 0.1) is 23.3 Å². The van der Waals surface area contributed by atoms with Gasteiger partial charge in [0.1, 0.15) is 23.4 Å². The van der Waals surface area contributed by atoms with Crippen LogP contribution in [0.4, 0.5) is 0 Å². The van der Waals surface area contributed by atoms with E-state index in [1.165, 1.54) is 17.7 Å². The van der Waals surface area contributed by atoms with E-state index in [0.717, 1.165) is 11.1 Å². The Hall–Kier alpha value is -4.35. The van der Waals surface area contributed by atoms with Crippen LogP contribution in [0.5, 0.6) is 0 Å². The van der Waals surface area contributed by atoms with Gasteiger partial charge >= 0.3 is 5.97 Å². The van der Waals surface area contributed by atoms with E-state index in [9.17, 15) is 15.2 Å². The molecule has 0 unspecified atom stereocenters. The van der Waals surface area contributed by atoms with E-state index in [-0.39, 0.29) is 11.4 Å². The Bertz CT molecular complexity index is 1460. The molecule has 2 aromatic heterocycles. The van der Waals surface area contributed by atoms with Crippen LogP contribution in [0.15, 0.2) is 60.4 Å². The van der Waals surface area contributed by atoms with Crippen LogP contribution in [0.1, 0.15) is 28.2 Å². The van der Waals surface area contributed by atoms with Crippen LogP contribution in [0.3, 0.4) is 0 Å². The Kier molecular flexibility index (Phi) is 6.99. The maximum Gasteiger partial charge on any atom is 0.331 e. The summed E-state index contributed by atoms with van der Waals surface area (Å²) in [6.07, 6.45) is 2.72. The fourth-order valence-corrected chi connectivity index (χ4v) is 3.76. The maximum atomic E-state index is 12.2. The average molecular weight is 488 g/mol. The third-order valence-corrected chi connectivity index (χ3v) is 5.72. The van der Waals surface area contributed by atoms with Crippen LogP contribution < -0.4 is 0 Å². The summed E-state index contributed by atoms with van der Waals surface area (Å²) >= 11 is 6.49. The molecule has 0 aliphatic carbocycles. The number of aromatic nitrogens is 4. The Morgan fingerprint density at radius 3 is 2.69 bits per heavy atom. The van der Waals surface area contributed by atoms with Crippen molar-refractivity contribution < 1.29 is 14.6 Å². The van der Waals surface area contributed by atoms with Gasteiger partial charge in [-0.25, -0.2) is 14.5 Å². The van der Waals surface area contributed by atoms with E-state index < -0.39 is 18.3 Å². The number of H-pyrrole nitrogens is 1. The van der Waals surface area contributed by atoms with Crippen LogP contribution in [-0.4, -0.2) is 37.4 Å². The molecule has 35 heavy (non-hydrogen) atoms. The molecule has 0 amide bonds. The third-order valence-electron chi connectivity index (χ3n) is 5.33. The first-order chi connectivity index (χ1) is 16.9. The van der Waals surface area contributed by atoms with E-state index in [1.807, 2.05) is 49.4 Å². The lowest BCUT2D eigenvalue weighted by molar-refractivity contribution is -0.137. The number of hydrogen-bond donors (Lipinski definition) is 2. The van der Waals surface area contributed by atoms with Crippen molar-refractivity contribution in [3.05, 3.63) is 93.7 Å². The van der Waals surface area contributed by atoms with E-state index in [4.69, 9.17) is 16.3 Å². The van der Waals surface area contributed by atoms with Gasteiger partial charge in [0.15, 0.2) is 11.6 Å². The van der Waals surface area contributed by atoms with Gasteiger partial charge in [-0.3, -0.25) is 0 Å². The number of carbonyl (C=O) groups excluding carboxylic acids is 1. The largest absolute Gasteiger partial charge is 0.507 e. The highest BCUT2D eigenvalue weighted by Gasteiger charge is 2.15. The van der Waals surface area contributed by atoms with Gasteiger partial charge < -0.3 is 14.8 Å². The van der Waals surface area contributed by atoms with Crippen molar-refractivity contribution in [2.45, 2.75) is 20.4 Å². The first-order valence-electron chi connectivity index (χ1n) is 10.8. The van der Waals surface area contributed by atoms with Crippen molar-refractivity contribution in [2.24, 2.45) is 0 Å². The second-order valence-corrected chi connectivity index (χ2v) is 8.27. The highest BCUT2D eigenvalue weighted by molar-refractivity contribution is 6.31. The van der Waals surface area contributed by atoms with Gasteiger partial charge in [-0.05, 0) is 37.6 Å². The number of aliphatic hydroxyl groups excluding tert-OH is 1. The number of esters is 1. The number of hydrogen-bond acceptors (Lipinski definition) is 6. The zero-order valence-electron chi connectivity index (χ0n) is 19.1. The lowest BCUT2D eigenvalue weighted by Gasteiger charge is -2.04. The summed E-state index contributed by atoms with van der Waals surface area (Å²) in [7, 11) is 0. The minimum Gasteiger partial charge on any atom is -0.507 e. The van der Waals surface area contributed by atoms with Crippen molar-refractivity contribution in [3.8, 4) is 6.07 Å². The van der Waals surface area contributed by atoms with Gasteiger partial charge in [0, 0.05) is 11.6 Å². The number of nitrogens with one attached hydrogen (secondary N) is 1. The van der Waals surface area contributed by atoms with Gasteiger partial charge in [-0.2, -0.15) is 10.4 Å². The van der Waals surface area contributed by atoms with Crippen LogP contribution in [-0.2, 0) is 16.1 Å². The Morgan fingerprint density at radius 1 is 1.23 bits per heavy atom. The smallest absolute Gasteiger partial charge is 0.331 e. The summed E-state index contributed by atoms with van der Waals surface area (Å²) in [6, 6.07) is 17.2. The first kappa shape index (κ1) is 23.8. The second-order valence-electron chi connectivity index (χ2n) is 7.91. The van der Waals surface area contributed by atoms with Crippen molar-refractivity contribution in [1.29, 1.82) is 5.26 Å². The molecule has 0 radical (unpaired) electrons. The van der Waals surface area contributed by atoms with Crippen LogP contribution in [0.2, 0.25) is 5.15 Å². The summed E-state index contributed by atoms with van der Waals surface area (Å²) in [5.74, 6) is -0.921. The number of para-hydroxylation sites is 2. The molecule has 176 valence electrons. The van der Waals surface area contributed by atoms with Crippen molar-refractivity contribution in [2.75, 3.05) is 6.61 Å². The number of allylic oxidation sites excluding steroid dienone is 1. The zero-order chi connectivity index (χ0) is 24.9. The number of rotatable bonds is 7. The van der Waals surface area contributed by atoms with Gasteiger partial charge in [0.25, 0.3) is 0 Å². The van der Waals surface area contributed by atoms with E-state index in [2.05, 4.69) is 15.1 Å². The highest BCUT2D eigenvalue weighted by atomic mass is 35.5. The fourth-order valence-electron chi connectivity index (χ4n) is 3.46. The molecular weight excluding hydrogens is 466 g/mol. The molecule has 0 aliphatic heterocycles. The Morgan fingerprint density at radius 2 is 1.97 bits per heavy atom. The lowest BCUT2D eigenvalue weighted by Crippen LogP contribution is -2.06. The summed E-state index contributed by atoms with van der Waals surface area (Å²) < 4.78 is 6.76. The molecular formula is C26H22ClN5O3. The number of aryl methyl sites for hydroxylation is 2. The highest BCUT2D eigenvalue weighted by Crippen LogP contribution is 2.23. The van der Waals surface area contributed by atoms with E-state index in [0.29, 0.717) is 28.5 Å². The maximum absolute atomic E-state index is 12.2. The molecule has 2 aromatic carbocycles. The van der Waals surface area contributed by atoms with Gasteiger partial charge in [-0.15, -0.1) is 0 Å². The molecule has 4 aromatic rings. The molecule has 2 N–H and O–H groups in total. The number of nitriles is 1. The predicted octanol–water partition coefficient (Wildman–Crippen LogP) is 5.13. The standard InChI is InChI=1S/C26H22ClN5O3/c1-16-7-9-18(10-8-16)14-32-25(27)19(17(2)31-32)11-12-24(34)35-15-23(33)20(13-28)26-29-21-5-3-4-6-22(21)30-26/h3-12,33H,14-15H2,1-2H3,(H,29,30)/b12-11?,23-20-. The number of aromatic amines is 1. The summed E-state index contributed by atoms with van der Waals surface area (Å²) in [5.41, 5.74) is 4.74. The number of aliphatic hydroxyl groups is 1. The normalized spacial score (nSPS) is 12.1. The van der Waals surface area contributed by atoms with Crippen molar-refractivity contribution in [1.82, 2.24) is 19.7 Å². The number of halogens is 1. The monoisotopic (exact) mass is 487 g/mol. The SMILES string of the molecule is Cc1ccc(Cn2nc(C)c(C=CC(=O)OC/C(O)=C(\C#N)c3nc4ccccc4[nH]3)c2Cl)cc1. The number of imidazole rings is 1. The summed E-state index contributed by atoms with van der Waals surface area (Å²) in [5, 5.41) is 24.6. The van der Waals surface area contributed by atoms with Crippen LogP contribution in [0, 0.1) is 25.2 Å². The molecule has 0 bridgehead atoms. The van der Waals surface area contributed by atoms with E-state index in [1.54, 1.807) is 23.7 Å². The quantitative estimate of drug-likeness (QED) is 0.161. The fraction of sp³-hybridized carbons (Fsp3) is 0.154. The molecule has 0 spiro atoms. The van der Waals surface area contributed by atoms with Crippen molar-refractivity contribution in [3.63, 3.8) is 0 Å². The lowest BCUT2D eigenvalue weighted by atomic mass is 10.1. The minimum atomic E-state index is -0.708. The molecule has 0 atom stereocenters. The van der Waals surface area contributed by atoms with Gasteiger partial charge in [-0.1, -0.05) is 53.6 Å².